The molecule has 0 aliphatic heterocycles. The van der Waals surface area contributed by atoms with E-state index in [-0.39, 0.29) is 6.42 Å². The Morgan fingerprint density at radius 3 is 2.71 bits per heavy atom. The maximum Gasteiger partial charge on any atom is 0.306 e. The minimum atomic E-state index is -0.821. The number of carboxylic acid groups (broad SMARTS) is 1. The Hall–Kier alpha value is -1.35. The third-order valence-corrected chi connectivity index (χ3v) is 3.04. The van der Waals surface area contributed by atoms with Crippen LogP contribution in [0.4, 0.5) is 0 Å². The summed E-state index contributed by atoms with van der Waals surface area (Å²) in [4.78, 5) is 10.8. The molecule has 0 heterocycles. The Labute approximate surface area is 102 Å². The molecule has 0 aliphatic rings. The van der Waals surface area contributed by atoms with Gasteiger partial charge in [0, 0.05) is 7.11 Å². The van der Waals surface area contributed by atoms with E-state index >= 15 is 0 Å². The molecule has 0 fully saturated rings. The SMILES string of the molecule is COC(C)(CCc1cccc(C)c1)CC(=O)O. The summed E-state index contributed by atoms with van der Waals surface area (Å²) in [6.45, 7) is 3.90. The summed E-state index contributed by atoms with van der Waals surface area (Å²) in [5.41, 5.74) is 1.86. The minimum absolute atomic E-state index is 0.0370. The van der Waals surface area contributed by atoms with Crippen LogP contribution in [0.2, 0.25) is 0 Å². The Morgan fingerprint density at radius 2 is 2.18 bits per heavy atom. The normalized spacial score (nSPS) is 14.3. The maximum absolute atomic E-state index is 10.8. The fourth-order valence-electron chi connectivity index (χ4n) is 1.86. The van der Waals surface area contributed by atoms with Crippen LogP contribution in [-0.4, -0.2) is 23.8 Å². The van der Waals surface area contributed by atoms with Crippen molar-refractivity contribution in [3.63, 3.8) is 0 Å². The number of rotatable bonds is 6. The highest BCUT2D eigenvalue weighted by molar-refractivity contribution is 5.68. The number of aryl methyl sites for hydroxylation is 2. The minimum Gasteiger partial charge on any atom is -0.481 e. The Morgan fingerprint density at radius 1 is 1.47 bits per heavy atom. The molecule has 0 aliphatic carbocycles. The van der Waals surface area contributed by atoms with Gasteiger partial charge >= 0.3 is 5.97 Å². The molecular weight excluding hydrogens is 216 g/mol. The third kappa shape index (κ3) is 4.57. The second-order valence-corrected chi connectivity index (χ2v) is 4.71. The molecule has 1 N–H and O–H groups in total. The van der Waals surface area contributed by atoms with Crippen LogP contribution in [-0.2, 0) is 16.0 Å². The van der Waals surface area contributed by atoms with E-state index in [4.69, 9.17) is 9.84 Å². The molecule has 0 bridgehead atoms. The summed E-state index contributed by atoms with van der Waals surface area (Å²) in [5, 5.41) is 8.84. The van der Waals surface area contributed by atoms with Crippen LogP contribution in [0.5, 0.6) is 0 Å². The van der Waals surface area contributed by atoms with Crippen molar-refractivity contribution < 1.29 is 14.6 Å². The highest BCUT2D eigenvalue weighted by Crippen LogP contribution is 2.22. The number of ether oxygens (including phenoxy) is 1. The van der Waals surface area contributed by atoms with Gasteiger partial charge in [-0.25, -0.2) is 0 Å². The van der Waals surface area contributed by atoms with Gasteiger partial charge in [0.15, 0.2) is 0 Å². The second-order valence-electron chi connectivity index (χ2n) is 4.71. The van der Waals surface area contributed by atoms with Gasteiger partial charge in [-0.05, 0) is 32.3 Å². The number of benzene rings is 1. The summed E-state index contributed by atoms with van der Waals surface area (Å²) < 4.78 is 5.32. The number of hydrogen-bond donors (Lipinski definition) is 1. The fourth-order valence-corrected chi connectivity index (χ4v) is 1.86. The molecule has 1 aromatic carbocycles. The summed E-state index contributed by atoms with van der Waals surface area (Å²) in [5.74, 6) is -0.821. The van der Waals surface area contributed by atoms with Crippen LogP contribution in [0.3, 0.4) is 0 Å². The van der Waals surface area contributed by atoms with Crippen molar-refractivity contribution in [1.29, 1.82) is 0 Å². The lowest BCUT2D eigenvalue weighted by Gasteiger charge is -2.26. The number of carboxylic acids is 1. The van der Waals surface area contributed by atoms with Crippen molar-refractivity contribution in [3.05, 3.63) is 35.4 Å². The topological polar surface area (TPSA) is 46.5 Å². The zero-order valence-electron chi connectivity index (χ0n) is 10.7. The molecule has 1 unspecified atom stereocenters. The average molecular weight is 236 g/mol. The van der Waals surface area contributed by atoms with E-state index in [1.54, 1.807) is 7.11 Å². The van der Waals surface area contributed by atoms with Crippen LogP contribution >= 0.6 is 0 Å². The molecular formula is C14H20O3. The summed E-state index contributed by atoms with van der Waals surface area (Å²) in [7, 11) is 1.57. The lowest BCUT2D eigenvalue weighted by atomic mass is 9.93. The van der Waals surface area contributed by atoms with E-state index in [1.165, 1.54) is 11.1 Å². The van der Waals surface area contributed by atoms with Crippen molar-refractivity contribution in [1.82, 2.24) is 0 Å². The van der Waals surface area contributed by atoms with Gasteiger partial charge in [-0.1, -0.05) is 29.8 Å². The second kappa shape index (κ2) is 5.82. The molecule has 0 spiro atoms. The highest BCUT2D eigenvalue weighted by atomic mass is 16.5. The van der Waals surface area contributed by atoms with Crippen LogP contribution in [0, 0.1) is 6.92 Å². The van der Waals surface area contributed by atoms with Gasteiger partial charge in [0.05, 0.1) is 12.0 Å². The predicted octanol–water partition coefficient (Wildman–Crippen LogP) is 2.81. The van der Waals surface area contributed by atoms with E-state index < -0.39 is 11.6 Å². The first-order chi connectivity index (χ1) is 7.95. The zero-order chi connectivity index (χ0) is 12.9. The molecule has 0 radical (unpaired) electrons. The molecule has 1 rings (SSSR count). The monoisotopic (exact) mass is 236 g/mol. The van der Waals surface area contributed by atoms with Gasteiger partial charge < -0.3 is 9.84 Å². The van der Waals surface area contributed by atoms with Gasteiger partial charge in [-0.3, -0.25) is 4.79 Å². The van der Waals surface area contributed by atoms with E-state index in [9.17, 15) is 4.79 Å². The van der Waals surface area contributed by atoms with Crippen molar-refractivity contribution in [2.24, 2.45) is 0 Å². The number of carbonyl (C=O) groups is 1. The lowest BCUT2D eigenvalue weighted by molar-refractivity contribution is -0.143. The summed E-state index contributed by atoms with van der Waals surface area (Å²) in [6.07, 6.45) is 1.58. The molecule has 3 heteroatoms. The van der Waals surface area contributed by atoms with Gasteiger partial charge in [0.2, 0.25) is 0 Å². The Kier molecular flexibility index (Phi) is 4.70. The van der Waals surface area contributed by atoms with Crippen LogP contribution < -0.4 is 0 Å². The fraction of sp³-hybridized carbons (Fsp3) is 0.500. The van der Waals surface area contributed by atoms with Gasteiger partial charge in [0.25, 0.3) is 0 Å². The molecule has 0 amide bonds. The lowest BCUT2D eigenvalue weighted by Crippen LogP contribution is -2.31. The highest BCUT2D eigenvalue weighted by Gasteiger charge is 2.26. The summed E-state index contributed by atoms with van der Waals surface area (Å²) in [6, 6.07) is 8.25. The van der Waals surface area contributed by atoms with Crippen LogP contribution in [0.15, 0.2) is 24.3 Å². The van der Waals surface area contributed by atoms with Gasteiger partial charge in [-0.15, -0.1) is 0 Å². The van der Waals surface area contributed by atoms with E-state index in [0.717, 1.165) is 6.42 Å². The van der Waals surface area contributed by atoms with E-state index in [1.807, 2.05) is 13.0 Å². The van der Waals surface area contributed by atoms with Crippen LogP contribution in [0.25, 0.3) is 0 Å². The first-order valence-electron chi connectivity index (χ1n) is 5.78. The predicted molar refractivity (Wildman–Crippen MR) is 67.2 cm³/mol. The van der Waals surface area contributed by atoms with Crippen molar-refractivity contribution in [3.8, 4) is 0 Å². The van der Waals surface area contributed by atoms with Crippen molar-refractivity contribution in [2.45, 2.75) is 38.7 Å². The molecule has 94 valence electrons. The van der Waals surface area contributed by atoms with E-state index in [0.29, 0.717) is 6.42 Å². The third-order valence-electron chi connectivity index (χ3n) is 3.04. The Balaban J connectivity index is 2.61. The van der Waals surface area contributed by atoms with Gasteiger partial charge in [0.1, 0.15) is 0 Å². The standard InChI is InChI=1S/C14H20O3/c1-11-5-4-6-12(9-11)7-8-14(2,17-3)10-13(15)16/h4-6,9H,7-8,10H2,1-3H3,(H,15,16). The van der Waals surface area contributed by atoms with Crippen LogP contribution in [0.1, 0.15) is 30.9 Å². The first-order valence-corrected chi connectivity index (χ1v) is 5.78. The Bertz CT molecular complexity index is 387. The quantitative estimate of drug-likeness (QED) is 0.826. The summed E-state index contributed by atoms with van der Waals surface area (Å²) >= 11 is 0. The smallest absolute Gasteiger partial charge is 0.306 e. The average Bonchev–Trinajstić information content (AvgIpc) is 2.26. The molecule has 0 aromatic heterocycles. The molecule has 0 saturated heterocycles. The van der Waals surface area contributed by atoms with E-state index in [2.05, 4.69) is 25.1 Å². The number of methoxy groups -OCH3 is 1. The molecule has 3 nitrogen and oxygen atoms in total. The molecule has 17 heavy (non-hydrogen) atoms. The largest absolute Gasteiger partial charge is 0.481 e. The maximum atomic E-state index is 10.8. The number of hydrogen-bond acceptors (Lipinski definition) is 2. The van der Waals surface area contributed by atoms with Gasteiger partial charge in [-0.2, -0.15) is 0 Å². The van der Waals surface area contributed by atoms with Crippen molar-refractivity contribution in [2.75, 3.05) is 7.11 Å². The molecule has 1 aromatic rings. The first kappa shape index (κ1) is 13.7. The zero-order valence-corrected chi connectivity index (χ0v) is 10.7. The van der Waals surface area contributed by atoms with Crippen molar-refractivity contribution >= 4 is 5.97 Å². The molecule has 1 atom stereocenters. The number of aliphatic carboxylic acids is 1. The molecule has 0 saturated carbocycles.